The summed E-state index contributed by atoms with van der Waals surface area (Å²) in [6.45, 7) is 0. The third kappa shape index (κ3) is 1.78. The van der Waals surface area contributed by atoms with E-state index in [2.05, 4.69) is 17.1 Å². The number of primary sulfonamides is 1. The second-order valence-corrected chi connectivity index (χ2v) is 6.66. The summed E-state index contributed by atoms with van der Waals surface area (Å²) in [5.41, 5.74) is 4.41. The highest BCUT2D eigenvalue weighted by Gasteiger charge is 2.24. The average Bonchev–Trinajstić information content (AvgIpc) is 2.84. The fourth-order valence-corrected chi connectivity index (χ4v) is 3.82. The predicted molar refractivity (Wildman–Crippen MR) is 81.4 cm³/mol. The summed E-state index contributed by atoms with van der Waals surface area (Å²) in [7, 11) is -3.85. The Balaban J connectivity index is 2.15. The molecule has 1 aliphatic rings. The van der Waals surface area contributed by atoms with Gasteiger partial charge in [0.2, 0.25) is 0 Å². The molecule has 1 heterocycles. The molecule has 1 aliphatic carbocycles. The van der Waals surface area contributed by atoms with Crippen LogP contribution in [0.4, 0.5) is 0 Å². The van der Waals surface area contributed by atoms with Crippen LogP contribution in [0.25, 0.3) is 21.9 Å². The minimum absolute atomic E-state index is 0.0374. The van der Waals surface area contributed by atoms with Crippen LogP contribution in [0, 0.1) is 0 Å². The van der Waals surface area contributed by atoms with Gasteiger partial charge in [0.1, 0.15) is 0 Å². The lowest BCUT2D eigenvalue weighted by molar-refractivity contribution is 0.595. The number of hydrogen-bond donors (Lipinski definition) is 1. The zero-order valence-electron chi connectivity index (χ0n) is 11.1. The maximum atomic E-state index is 11.8. The van der Waals surface area contributed by atoms with E-state index in [1.165, 1.54) is 11.8 Å². The molecule has 5 heteroatoms. The van der Waals surface area contributed by atoms with Gasteiger partial charge in [-0.05, 0) is 40.1 Å². The molecule has 3 aromatic rings. The highest BCUT2D eigenvalue weighted by atomic mass is 32.2. The molecule has 0 amide bonds. The Morgan fingerprint density at radius 1 is 1.00 bits per heavy atom. The van der Waals surface area contributed by atoms with Crippen molar-refractivity contribution in [1.29, 1.82) is 0 Å². The Hall–Kier alpha value is -2.24. The predicted octanol–water partition coefficient (Wildman–Crippen LogP) is 2.45. The lowest BCUT2D eigenvalue weighted by atomic mass is 10.0. The summed E-state index contributed by atoms with van der Waals surface area (Å²) in [6, 6.07) is 13.9. The van der Waals surface area contributed by atoms with Gasteiger partial charge < -0.3 is 0 Å². The van der Waals surface area contributed by atoms with Crippen LogP contribution < -0.4 is 5.14 Å². The molecule has 0 spiro atoms. The zero-order valence-corrected chi connectivity index (χ0v) is 11.9. The largest absolute Gasteiger partial charge is 0.256 e. The fraction of sp³-hybridized carbons (Fsp3) is 0.0625. The van der Waals surface area contributed by atoms with Gasteiger partial charge >= 0.3 is 0 Å². The lowest BCUT2D eigenvalue weighted by Crippen LogP contribution is -2.15. The number of aromatic nitrogens is 1. The van der Waals surface area contributed by atoms with Gasteiger partial charge in [0.15, 0.2) is 5.03 Å². The van der Waals surface area contributed by atoms with Crippen molar-refractivity contribution in [3.8, 4) is 11.1 Å². The number of sulfonamides is 1. The number of benzene rings is 2. The van der Waals surface area contributed by atoms with Crippen molar-refractivity contribution < 1.29 is 8.42 Å². The van der Waals surface area contributed by atoms with E-state index in [-0.39, 0.29) is 5.03 Å². The van der Waals surface area contributed by atoms with Gasteiger partial charge in [-0.3, -0.25) is 0 Å². The van der Waals surface area contributed by atoms with Crippen LogP contribution in [0.1, 0.15) is 11.1 Å². The molecule has 21 heavy (non-hydrogen) atoms. The molecule has 0 saturated heterocycles. The van der Waals surface area contributed by atoms with E-state index in [4.69, 9.17) is 5.14 Å². The monoisotopic (exact) mass is 296 g/mol. The minimum atomic E-state index is -3.85. The van der Waals surface area contributed by atoms with Gasteiger partial charge in [0.05, 0.1) is 0 Å². The minimum Gasteiger partial charge on any atom is -0.243 e. The molecule has 2 aromatic carbocycles. The topological polar surface area (TPSA) is 73.1 Å². The summed E-state index contributed by atoms with van der Waals surface area (Å²) in [5.74, 6) is 0. The molecule has 4 nitrogen and oxygen atoms in total. The summed E-state index contributed by atoms with van der Waals surface area (Å²) in [6.07, 6.45) is 2.19. The molecule has 4 rings (SSSR count). The first-order chi connectivity index (χ1) is 10.1. The van der Waals surface area contributed by atoms with Gasteiger partial charge in [0, 0.05) is 11.6 Å². The first-order valence-corrected chi connectivity index (χ1v) is 8.12. The van der Waals surface area contributed by atoms with Crippen molar-refractivity contribution in [2.75, 3.05) is 0 Å². The van der Waals surface area contributed by atoms with E-state index in [0.717, 1.165) is 22.1 Å². The van der Waals surface area contributed by atoms with Crippen LogP contribution >= 0.6 is 0 Å². The first kappa shape index (κ1) is 12.5. The SMILES string of the molecule is NS(=O)(=O)c1nccc2ccc3c(c12)Cc1ccccc1-3. The Morgan fingerprint density at radius 2 is 1.81 bits per heavy atom. The van der Waals surface area contributed by atoms with E-state index in [9.17, 15) is 8.42 Å². The Labute approximate surface area is 122 Å². The average molecular weight is 296 g/mol. The molecule has 0 radical (unpaired) electrons. The van der Waals surface area contributed by atoms with Gasteiger partial charge in [-0.2, -0.15) is 0 Å². The normalized spacial score (nSPS) is 13.2. The number of nitrogens with two attached hydrogens (primary N) is 1. The van der Waals surface area contributed by atoms with Crippen LogP contribution in [0.2, 0.25) is 0 Å². The molecular formula is C16H12N2O2S. The van der Waals surface area contributed by atoms with Crippen molar-refractivity contribution in [2.24, 2.45) is 5.14 Å². The van der Waals surface area contributed by atoms with E-state index >= 15 is 0 Å². The van der Waals surface area contributed by atoms with Crippen molar-refractivity contribution in [3.63, 3.8) is 0 Å². The second-order valence-electron chi connectivity index (χ2n) is 5.18. The van der Waals surface area contributed by atoms with Crippen molar-refractivity contribution in [1.82, 2.24) is 4.98 Å². The highest BCUT2D eigenvalue weighted by molar-refractivity contribution is 7.89. The zero-order chi connectivity index (χ0) is 14.6. The van der Waals surface area contributed by atoms with Crippen molar-refractivity contribution >= 4 is 20.8 Å². The van der Waals surface area contributed by atoms with Crippen LogP contribution in [0.3, 0.4) is 0 Å². The number of fused-ring (bicyclic) bond motifs is 5. The van der Waals surface area contributed by atoms with Crippen molar-refractivity contribution in [2.45, 2.75) is 11.4 Å². The summed E-state index contributed by atoms with van der Waals surface area (Å²) >= 11 is 0. The van der Waals surface area contributed by atoms with E-state index < -0.39 is 10.0 Å². The molecule has 0 fully saturated rings. The van der Waals surface area contributed by atoms with Crippen LogP contribution in [0.5, 0.6) is 0 Å². The molecule has 0 bridgehead atoms. The van der Waals surface area contributed by atoms with E-state index in [1.807, 2.05) is 30.3 Å². The number of hydrogen-bond acceptors (Lipinski definition) is 3. The number of nitrogens with zero attached hydrogens (tertiary/aromatic N) is 1. The lowest BCUT2D eigenvalue weighted by Gasteiger charge is -2.09. The van der Waals surface area contributed by atoms with Gasteiger partial charge in [0.25, 0.3) is 10.0 Å². The van der Waals surface area contributed by atoms with Crippen molar-refractivity contribution in [3.05, 3.63) is 59.8 Å². The third-order valence-electron chi connectivity index (χ3n) is 3.95. The fourth-order valence-electron chi connectivity index (χ4n) is 3.09. The Kier molecular flexibility index (Phi) is 2.46. The summed E-state index contributed by atoms with van der Waals surface area (Å²) in [4.78, 5) is 4.01. The quantitative estimate of drug-likeness (QED) is 0.586. The Bertz CT molecular complexity index is 994. The number of pyridine rings is 1. The van der Waals surface area contributed by atoms with Crippen LogP contribution in [-0.2, 0) is 16.4 Å². The molecule has 0 saturated carbocycles. The van der Waals surface area contributed by atoms with Crippen LogP contribution in [-0.4, -0.2) is 13.4 Å². The standard InChI is InChI=1S/C16H12N2O2S/c17-21(19,20)16-15-10(7-8-18-16)5-6-13-12-4-2-1-3-11(12)9-14(13)15/h1-8H,9H2,(H2,17,19,20). The summed E-state index contributed by atoms with van der Waals surface area (Å²) < 4.78 is 23.7. The maximum Gasteiger partial charge on any atom is 0.256 e. The molecule has 1 aromatic heterocycles. The first-order valence-electron chi connectivity index (χ1n) is 6.57. The molecule has 104 valence electrons. The summed E-state index contributed by atoms with van der Waals surface area (Å²) in [5, 5.41) is 6.79. The second kappa shape index (κ2) is 4.13. The van der Waals surface area contributed by atoms with Crippen LogP contribution in [0.15, 0.2) is 53.7 Å². The van der Waals surface area contributed by atoms with Gasteiger partial charge in [-0.1, -0.05) is 36.4 Å². The maximum absolute atomic E-state index is 11.8. The molecule has 2 N–H and O–H groups in total. The molecule has 0 aliphatic heterocycles. The van der Waals surface area contributed by atoms with Gasteiger partial charge in [-0.25, -0.2) is 18.5 Å². The van der Waals surface area contributed by atoms with E-state index in [1.54, 1.807) is 0 Å². The molecule has 0 unspecified atom stereocenters. The highest BCUT2D eigenvalue weighted by Crippen LogP contribution is 2.41. The van der Waals surface area contributed by atoms with E-state index in [0.29, 0.717) is 11.8 Å². The third-order valence-corrected chi connectivity index (χ3v) is 4.80. The smallest absolute Gasteiger partial charge is 0.243 e. The molecule has 0 atom stereocenters. The Morgan fingerprint density at radius 3 is 2.62 bits per heavy atom. The molecular weight excluding hydrogens is 284 g/mol. The number of rotatable bonds is 1. The van der Waals surface area contributed by atoms with Gasteiger partial charge in [-0.15, -0.1) is 0 Å².